The van der Waals surface area contributed by atoms with Gasteiger partial charge in [0.05, 0.1) is 0 Å². The molecule has 1 N–H and O–H groups in total. The molecule has 0 bridgehead atoms. The lowest BCUT2D eigenvalue weighted by Crippen LogP contribution is -2.30. The van der Waals surface area contributed by atoms with Crippen molar-refractivity contribution < 1.29 is 9.90 Å². The number of nitrogens with zero attached hydrogens (tertiary/aromatic N) is 1. The van der Waals surface area contributed by atoms with Crippen LogP contribution in [0.4, 0.5) is 0 Å². The number of rotatable bonds is 1. The summed E-state index contributed by atoms with van der Waals surface area (Å²) in [6.45, 7) is 7.78. The molecule has 0 aromatic heterocycles. The highest BCUT2D eigenvalue weighted by Gasteiger charge is 2.32. The largest absolute Gasteiger partial charge is 0.384 e. The molecule has 3 heteroatoms. The van der Waals surface area contributed by atoms with Crippen molar-refractivity contribution in [1.29, 1.82) is 0 Å². The van der Waals surface area contributed by atoms with Crippen molar-refractivity contribution in [3.8, 4) is 11.8 Å². The number of aryl methyl sites for hydroxylation is 1. The summed E-state index contributed by atoms with van der Waals surface area (Å²) >= 11 is 0. The van der Waals surface area contributed by atoms with Gasteiger partial charge in [-0.1, -0.05) is 31.8 Å². The Kier molecular flexibility index (Phi) is 4.15. The highest BCUT2D eigenvalue weighted by atomic mass is 16.2. The minimum absolute atomic E-state index is 0.0719. The fourth-order valence-electron chi connectivity index (χ4n) is 2.49. The van der Waals surface area contributed by atoms with E-state index in [9.17, 15) is 4.79 Å². The van der Waals surface area contributed by atoms with Gasteiger partial charge in [0.1, 0.15) is 6.61 Å². The van der Waals surface area contributed by atoms with E-state index in [4.69, 9.17) is 5.11 Å². The predicted molar refractivity (Wildman–Crippen MR) is 79.4 cm³/mol. The molecule has 1 aliphatic heterocycles. The molecule has 20 heavy (non-hydrogen) atoms. The standard InChI is InChI=1S/C17H21NO2/c1-13-6-7-15(11-14(13)5-4-10-19)16(20)18-9-8-17(2,3)12-18/h6-7,11,19H,8-10,12H2,1-3H3. The second kappa shape index (κ2) is 5.68. The van der Waals surface area contributed by atoms with Crippen LogP contribution in [0.2, 0.25) is 0 Å². The quantitative estimate of drug-likeness (QED) is 0.796. The third-order valence-electron chi connectivity index (χ3n) is 3.75. The van der Waals surface area contributed by atoms with Crippen molar-refractivity contribution in [2.75, 3.05) is 19.7 Å². The van der Waals surface area contributed by atoms with Gasteiger partial charge in [0.2, 0.25) is 0 Å². The second-order valence-corrected chi connectivity index (χ2v) is 6.13. The van der Waals surface area contributed by atoms with Gasteiger partial charge in [-0.3, -0.25) is 4.79 Å². The van der Waals surface area contributed by atoms with Crippen molar-refractivity contribution in [2.45, 2.75) is 27.2 Å². The Morgan fingerprint density at radius 1 is 1.45 bits per heavy atom. The van der Waals surface area contributed by atoms with Crippen LogP contribution >= 0.6 is 0 Å². The summed E-state index contributed by atoms with van der Waals surface area (Å²) in [6.07, 6.45) is 1.04. The van der Waals surface area contributed by atoms with Crippen LogP contribution in [0.3, 0.4) is 0 Å². The molecule has 0 atom stereocenters. The molecule has 0 unspecified atom stereocenters. The third-order valence-corrected chi connectivity index (χ3v) is 3.75. The van der Waals surface area contributed by atoms with Gasteiger partial charge in [0.15, 0.2) is 0 Å². The topological polar surface area (TPSA) is 40.5 Å². The Hall–Kier alpha value is -1.79. The van der Waals surface area contributed by atoms with Crippen molar-refractivity contribution in [3.05, 3.63) is 34.9 Å². The number of carbonyl (C=O) groups excluding carboxylic acids is 1. The zero-order valence-corrected chi connectivity index (χ0v) is 12.4. The average molecular weight is 271 g/mol. The van der Waals surface area contributed by atoms with Gasteiger partial charge < -0.3 is 10.0 Å². The van der Waals surface area contributed by atoms with Crippen LogP contribution in [0.15, 0.2) is 18.2 Å². The van der Waals surface area contributed by atoms with Gasteiger partial charge in [-0.2, -0.15) is 0 Å². The molecule has 1 amide bonds. The lowest BCUT2D eigenvalue weighted by molar-refractivity contribution is 0.0778. The second-order valence-electron chi connectivity index (χ2n) is 6.13. The molecule has 0 spiro atoms. The molecule has 0 aliphatic carbocycles. The van der Waals surface area contributed by atoms with E-state index in [1.54, 1.807) is 0 Å². The fourth-order valence-corrected chi connectivity index (χ4v) is 2.49. The Bertz CT molecular complexity index is 578. The van der Waals surface area contributed by atoms with Crippen LogP contribution in [0, 0.1) is 24.2 Å². The molecule has 0 saturated carbocycles. The number of aliphatic hydroxyl groups excluding tert-OH is 1. The molecular weight excluding hydrogens is 250 g/mol. The monoisotopic (exact) mass is 271 g/mol. The maximum atomic E-state index is 12.5. The lowest BCUT2D eigenvalue weighted by Gasteiger charge is -2.20. The highest BCUT2D eigenvalue weighted by molar-refractivity contribution is 5.95. The number of aliphatic hydroxyl groups is 1. The van der Waals surface area contributed by atoms with Gasteiger partial charge in [-0.05, 0) is 36.5 Å². The molecule has 1 fully saturated rings. The van der Waals surface area contributed by atoms with Crippen LogP contribution in [0.1, 0.15) is 41.8 Å². The van der Waals surface area contributed by atoms with E-state index < -0.39 is 0 Å². The SMILES string of the molecule is Cc1ccc(C(=O)N2CCC(C)(C)C2)cc1C#CCO. The summed E-state index contributed by atoms with van der Waals surface area (Å²) in [4.78, 5) is 14.4. The molecule has 2 rings (SSSR count). The maximum absolute atomic E-state index is 12.5. The third kappa shape index (κ3) is 3.20. The summed E-state index contributed by atoms with van der Waals surface area (Å²) < 4.78 is 0. The van der Waals surface area contributed by atoms with Crippen LogP contribution in [-0.2, 0) is 0 Å². The Balaban J connectivity index is 2.23. The summed E-state index contributed by atoms with van der Waals surface area (Å²) in [5.74, 6) is 5.60. The molecule has 1 saturated heterocycles. The van der Waals surface area contributed by atoms with Gasteiger partial charge >= 0.3 is 0 Å². The van der Waals surface area contributed by atoms with Crippen LogP contribution in [0.5, 0.6) is 0 Å². The zero-order valence-electron chi connectivity index (χ0n) is 12.4. The molecule has 0 radical (unpaired) electrons. The van der Waals surface area contributed by atoms with Crippen molar-refractivity contribution in [2.24, 2.45) is 5.41 Å². The Morgan fingerprint density at radius 2 is 2.20 bits per heavy atom. The molecule has 1 aromatic carbocycles. The number of hydrogen-bond donors (Lipinski definition) is 1. The fraction of sp³-hybridized carbons (Fsp3) is 0.471. The number of hydrogen-bond acceptors (Lipinski definition) is 2. The summed E-state index contributed by atoms with van der Waals surface area (Å²) in [7, 11) is 0. The number of carbonyl (C=O) groups is 1. The number of likely N-dealkylation sites (tertiary alicyclic amines) is 1. The predicted octanol–water partition coefficient (Wildman–Crippen LogP) is 2.21. The van der Waals surface area contributed by atoms with Crippen molar-refractivity contribution >= 4 is 5.91 Å². The van der Waals surface area contributed by atoms with E-state index in [0.717, 1.165) is 30.6 Å². The van der Waals surface area contributed by atoms with Gasteiger partial charge in [-0.25, -0.2) is 0 Å². The van der Waals surface area contributed by atoms with Crippen molar-refractivity contribution in [1.82, 2.24) is 4.90 Å². The normalized spacial score (nSPS) is 16.7. The first-order valence-corrected chi connectivity index (χ1v) is 6.93. The summed E-state index contributed by atoms with van der Waals surface area (Å²) in [6, 6.07) is 5.59. The van der Waals surface area contributed by atoms with Crippen molar-refractivity contribution in [3.63, 3.8) is 0 Å². The summed E-state index contributed by atoms with van der Waals surface area (Å²) in [5.41, 5.74) is 2.71. The molecule has 1 aromatic rings. The van der Waals surface area contributed by atoms with Gasteiger partial charge in [-0.15, -0.1) is 0 Å². The first-order valence-electron chi connectivity index (χ1n) is 6.93. The van der Waals surface area contributed by atoms with Crippen LogP contribution in [0.25, 0.3) is 0 Å². The minimum atomic E-state index is -0.169. The molecule has 106 valence electrons. The zero-order chi connectivity index (χ0) is 14.8. The van der Waals surface area contributed by atoms with E-state index in [0.29, 0.717) is 5.56 Å². The molecule has 1 heterocycles. The molecule has 1 aliphatic rings. The van der Waals surface area contributed by atoms with E-state index in [2.05, 4.69) is 25.7 Å². The Morgan fingerprint density at radius 3 is 2.80 bits per heavy atom. The highest BCUT2D eigenvalue weighted by Crippen LogP contribution is 2.29. The first-order chi connectivity index (χ1) is 9.43. The van der Waals surface area contributed by atoms with Crippen LogP contribution < -0.4 is 0 Å². The average Bonchev–Trinajstić information content (AvgIpc) is 2.77. The number of amides is 1. The Labute approximate surface area is 120 Å². The number of benzene rings is 1. The van der Waals surface area contributed by atoms with E-state index >= 15 is 0 Å². The maximum Gasteiger partial charge on any atom is 0.253 e. The minimum Gasteiger partial charge on any atom is -0.384 e. The first kappa shape index (κ1) is 14.6. The van der Waals surface area contributed by atoms with Crippen LogP contribution in [-0.4, -0.2) is 35.6 Å². The van der Waals surface area contributed by atoms with Gasteiger partial charge in [0.25, 0.3) is 5.91 Å². The van der Waals surface area contributed by atoms with E-state index in [1.165, 1.54) is 0 Å². The van der Waals surface area contributed by atoms with E-state index in [-0.39, 0.29) is 17.9 Å². The molecule has 3 nitrogen and oxygen atoms in total. The lowest BCUT2D eigenvalue weighted by atomic mass is 9.93. The van der Waals surface area contributed by atoms with Gasteiger partial charge in [0, 0.05) is 24.2 Å². The smallest absolute Gasteiger partial charge is 0.253 e. The summed E-state index contributed by atoms with van der Waals surface area (Å²) in [5, 5.41) is 8.78. The van der Waals surface area contributed by atoms with E-state index in [1.807, 2.05) is 30.0 Å². The molecular formula is C17H21NO2.